The van der Waals surface area contributed by atoms with Gasteiger partial charge in [-0.25, -0.2) is 0 Å². The molecule has 2 aromatic carbocycles. The smallest absolute Gasteiger partial charge is 0.0955 e. The molecule has 1 aromatic heterocycles. The van der Waals surface area contributed by atoms with Crippen LogP contribution >= 0.6 is 0 Å². The second-order valence-corrected chi connectivity index (χ2v) is 4.87. The van der Waals surface area contributed by atoms with Gasteiger partial charge in [-0.1, -0.05) is 42.5 Å². The first kappa shape index (κ1) is 12.5. The maximum Gasteiger partial charge on any atom is 0.0955 e. The minimum atomic E-state index is 0.233. The molecule has 0 aliphatic heterocycles. The predicted octanol–water partition coefficient (Wildman–Crippen LogP) is 5.12. The molecular weight excluding hydrogens is 246 g/mol. The zero-order valence-corrected chi connectivity index (χ0v) is 11.4. The minimum absolute atomic E-state index is 0.233. The summed E-state index contributed by atoms with van der Waals surface area (Å²) < 4.78 is 5.11. The van der Waals surface area contributed by atoms with E-state index >= 15 is 0 Å². The molecule has 100 valence electrons. The normalized spacial score (nSPS) is 12.1. The van der Waals surface area contributed by atoms with Crippen LogP contribution in [0.1, 0.15) is 18.5 Å². The van der Waals surface area contributed by atoms with Crippen LogP contribution in [0.3, 0.4) is 0 Å². The molecular formula is C18H17NO. The van der Waals surface area contributed by atoms with E-state index in [0.29, 0.717) is 0 Å². The molecule has 0 radical (unpaired) electrons. The summed E-state index contributed by atoms with van der Waals surface area (Å²) >= 11 is 0. The van der Waals surface area contributed by atoms with E-state index in [9.17, 15) is 0 Å². The fourth-order valence-corrected chi connectivity index (χ4v) is 2.24. The third-order valence-electron chi connectivity index (χ3n) is 3.42. The van der Waals surface area contributed by atoms with E-state index in [1.54, 1.807) is 12.5 Å². The maximum atomic E-state index is 5.11. The van der Waals surface area contributed by atoms with E-state index in [1.807, 2.05) is 12.1 Å². The van der Waals surface area contributed by atoms with Gasteiger partial charge < -0.3 is 9.73 Å². The molecule has 3 aromatic rings. The summed E-state index contributed by atoms with van der Waals surface area (Å²) in [5, 5.41) is 3.46. The first-order chi connectivity index (χ1) is 9.83. The Morgan fingerprint density at radius 1 is 0.850 bits per heavy atom. The van der Waals surface area contributed by atoms with Gasteiger partial charge in [-0.3, -0.25) is 0 Å². The van der Waals surface area contributed by atoms with Crippen molar-refractivity contribution < 1.29 is 4.42 Å². The van der Waals surface area contributed by atoms with Gasteiger partial charge in [-0.05, 0) is 36.2 Å². The van der Waals surface area contributed by atoms with E-state index < -0.39 is 0 Å². The van der Waals surface area contributed by atoms with E-state index in [0.717, 1.165) is 11.3 Å². The van der Waals surface area contributed by atoms with Crippen LogP contribution in [0.25, 0.3) is 11.1 Å². The number of furan rings is 1. The Hall–Kier alpha value is -2.48. The van der Waals surface area contributed by atoms with Gasteiger partial charge >= 0.3 is 0 Å². The highest BCUT2D eigenvalue weighted by molar-refractivity contribution is 5.66. The average molecular weight is 263 g/mol. The summed E-state index contributed by atoms with van der Waals surface area (Å²) in [5.74, 6) is 0. The van der Waals surface area contributed by atoms with Gasteiger partial charge in [0.05, 0.1) is 18.6 Å². The first-order valence-corrected chi connectivity index (χ1v) is 6.77. The third kappa shape index (κ3) is 2.75. The zero-order valence-electron chi connectivity index (χ0n) is 11.4. The molecule has 0 amide bonds. The summed E-state index contributed by atoms with van der Waals surface area (Å²) in [5.41, 5.74) is 4.73. The summed E-state index contributed by atoms with van der Waals surface area (Å²) in [6.07, 6.45) is 3.47. The topological polar surface area (TPSA) is 25.2 Å². The number of hydrogen-bond donors (Lipinski definition) is 1. The number of nitrogens with one attached hydrogen (secondary N) is 1. The monoisotopic (exact) mass is 263 g/mol. The van der Waals surface area contributed by atoms with Crippen molar-refractivity contribution in [1.82, 2.24) is 0 Å². The molecule has 0 aliphatic carbocycles. The van der Waals surface area contributed by atoms with Crippen molar-refractivity contribution in [2.45, 2.75) is 13.0 Å². The number of rotatable bonds is 4. The van der Waals surface area contributed by atoms with Gasteiger partial charge in [0.1, 0.15) is 0 Å². The van der Waals surface area contributed by atoms with Crippen molar-refractivity contribution in [1.29, 1.82) is 0 Å². The van der Waals surface area contributed by atoms with Crippen LogP contribution in [0.2, 0.25) is 0 Å². The van der Waals surface area contributed by atoms with Gasteiger partial charge in [0.15, 0.2) is 0 Å². The quantitative estimate of drug-likeness (QED) is 0.706. The second kappa shape index (κ2) is 5.66. The van der Waals surface area contributed by atoms with Gasteiger partial charge in [0, 0.05) is 11.3 Å². The molecule has 0 spiro atoms. The van der Waals surface area contributed by atoms with E-state index in [-0.39, 0.29) is 6.04 Å². The molecule has 20 heavy (non-hydrogen) atoms. The van der Waals surface area contributed by atoms with Crippen LogP contribution < -0.4 is 5.32 Å². The predicted molar refractivity (Wildman–Crippen MR) is 82.6 cm³/mol. The number of benzene rings is 2. The molecule has 0 aliphatic rings. The van der Waals surface area contributed by atoms with Crippen LogP contribution in [-0.2, 0) is 0 Å². The summed E-state index contributed by atoms with van der Waals surface area (Å²) in [4.78, 5) is 0. The molecule has 0 bridgehead atoms. The van der Waals surface area contributed by atoms with Crippen molar-refractivity contribution in [3.05, 3.63) is 78.8 Å². The largest absolute Gasteiger partial charge is 0.472 e. The molecule has 3 rings (SSSR count). The van der Waals surface area contributed by atoms with Gasteiger partial charge in [0.2, 0.25) is 0 Å². The molecule has 0 saturated heterocycles. The van der Waals surface area contributed by atoms with Crippen molar-refractivity contribution >= 4 is 5.69 Å². The highest BCUT2D eigenvalue weighted by Gasteiger charge is 2.06. The standard InChI is InChI=1S/C18H17NO/c1-14(17-11-12-20-13-17)19-18-9-7-16(8-10-18)15-5-3-2-4-6-15/h2-14,19H,1H3. The fourth-order valence-electron chi connectivity index (χ4n) is 2.24. The zero-order chi connectivity index (χ0) is 13.8. The van der Waals surface area contributed by atoms with Crippen molar-refractivity contribution in [2.24, 2.45) is 0 Å². The Labute approximate surface area is 119 Å². The van der Waals surface area contributed by atoms with E-state index in [2.05, 4.69) is 60.8 Å². The van der Waals surface area contributed by atoms with Crippen LogP contribution in [0, 0.1) is 0 Å². The van der Waals surface area contributed by atoms with Crippen molar-refractivity contribution in [3.63, 3.8) is 0 Å². The second-order valence-electron chi connectivity index (χ2n) is 4.87. The lowest BCUT2D eigenvalue weighted by Gasteiger charge is -2.14. The molecule has 2 nitrogen and oxygen atoms in total. The highest BCUT2D eigenvalue weighted by atomic mass is 16.3. The lowest BCUT2D eigenvalue weighted by atomic mass is 10.1. The Morgan fingerprint density at radius 3 is 2.20 bits per heavy atom. The Kier molecular flexibility index (Phi) is 3.55. The van der Waals surface area contributed by atoms with E-state index in [1.165, 1.54) is 11.1 Å². The number of hydrogen-bond acceptors (Lipinski definition) is 2. The van der Waals surface area contributed by atoms with Gasteiger partial charge in [0.25, 0.3) is 0 Å². The maximum absolute atomic E-state index is 5.11. The van der Waals surface area contributed by atoms with Crippen molar-refractivity contribution in [2.75, 3.05) is 5.32 Å². The Bertz CT molecular complexity index is 642. The van der Waals surface area contributed by atoms with Crippen LogP contribution in [-0.4, -0.2) is 0 Å². The molecule has 0 fully saturated rings. The molecule has 1 N–H and O–H groups in total. The lowest BCUT2D eigenvalue weighted by molar-refractivity contribution is 0.562. The Balaban J connectivity index is 1.74. The fraction of sp³-hybridized carbons (Fsp3) is 0.111. The Morgan fingerprint density at radius 2 is 1.55 bits per heavy atom. The lowest BCUT2D eigenvalue weighted by Crippen LogP contribution is -2.05. The van der Waals surface area contributed by atoms with Crippen LogP contribution in [0.15, 0.2) is 77.6 Å². The molecule has 1 heterocycles. The first-order valence-electron chi connectivity index (χ1n) is 6.77. The molecule has 1 atom stereocenters. The van der Waals surface area contributed by atoms with E-state index in [4.69, 9.17) is 4.42 Å². The van der Waals surface area contributed by atoms with Crippen molar-refractivity contribution in [3.8, 4) is 11.1 Å². The molecule has 2 heteroatoms. The van der Waals surface area contributed by atoms with Crippen LogP contribution in [0.5, 0.6) is 0 Å². The minimum Gasteiger partial charge on any atom is -0.472 e. The van der Waals surface area contributed by atoms with Crippen LogP contribution in [0.4, 0.5) is 5.69 Å². The average Bonchev–Trinajstić information content (AvgIpc) is 3.03. The summed E-state index contributed by atoms with van der Waals surface area (Å²) in [6.45, 7) is 2.12. The molecule has 1 unspecified atom stereocenters. The highest BCUT2D eigenvalue weighted by Crippen LogP contribution is 2.24. The summed E-state index contributed by atoms with van der Waals surface area (Å²) in [7, 11) is 0. The van der Waals surface area contributed by atoms with Gasteiger partial charge in [-0.15, -0.1) is 0 Å². The molecule has 0 saturated carbocycles. The SMILES string of the molecule is CC(Nc1ccc(-c2ccccc2)cc1)c1ccoc1. The summed E-state index contributed by atoms with van der Waals surface area (Å²) in [6, 6.07) is 21.1. The third-order valence-corrected chi connectivity index (χ3v) is 3.42. The number of anilines is 1. The van der Waals surface area contributed by atoms with Gasteiger partial charge in [-0.2, -0.15) is 0 Å².